The van der Waals surface area contributed by atoms with Crippen molar-refractivity contribution in [1.29, 1.82) is 0 Å². The standard InChI is InChI=1S/C15H10ClF3O2/c16-12-6-2-4-10(14(12)17)8-13(20)9-3-1-5-11(7-9)21-15(18)19/h1-7,15H,8H2. The molecular formula is C15H10ClF3O2. The summed E-state index contributed by atoms with van der Waals surface area (Å²) in [7, 11) is 0. The lowest BCUT2D eigenvalue weighted by Gasteiger charge is -2.07. The number of Topliss-reactive ketones (excluding diaryl/α,β-unsaturated/α-hetero) is 1. The van der Waals surface area contributed by atoms with Crippen LogP contribution in [0.2, 0.25) is 5.02 Å². The van der Waals surface area contributed by atoms with Crippen molar-refractivity contribution in [3.63, 3.8) is 0 Å². The molecule has 110 valence electrons. The Labute approximate surface area is 124 Å². The highest BCUT2D eigenvalue weighted by atomic mass is 35.5. The maximum atomic E-state index is 13.7. The van der Waals surface area contributed by atoms with Gasteiger partial charge < -0.3 is 4.74 Å². The zero-order valence-corrected chi connectivity index (χ0v) is 11.4. The first kappa shape index (κ1) is 15.4. The molecule has 0 aliphatic carbocycles. The van der Waals surface area contributed by atoms with Crippen molar-refractivity contribution in [3.05, 3.63) is 64.4 Å². The van der Waals surface area contributed by atoms with Crippen LogP contribution < -0.4 is 4.74 Å². The molecule has 0 aromatic heterocycles. The first-order valence-corrected chi connectivity index (χ1v) is 6.36. The van der Waals surface area contributed by atoms with Crippen LogP contribution in [-0.2, 0) is 6.42 Å². The zero-order chi connectivity index (χ0) is 15.4. The van der Waals surface area contributed by atoms with Gasteiger partial charge in [-0.15, -0.1) is 0 Å². The van der Waals surface area contributed by atoms with Crippen molar-refractivity contribution in [3.8, 4) is 5.75 Å². The van der Waals surface area contributed by atoms with Crippen molar-refractivity contribution in [1.82, 2.24) is 0 Å². The summed E-state index contributed by atoms with van der Waals surface area (Å²) in [6, 6.07) is 9.72. The third kappa shape index (κ3) is 3.98. The topological polar surface area (TPSA) is 26.3 Å². The van der Waals surface area contributed by atoms with Gasteiger partial charge in [-0.1, -0.05) is 35.9 Å². The van der Waals surface area contributed by atoms with Crippen molar-refractivity contribution in [2.24, 2.45) is 0 Å². The molecule has 2 aromatic rings. The van der Waals surface area contributed by atoms with Gasteiger partial charge >= 0.3 is 6.61 Å². The van der Waals surface area contributed by atoms with Crippen LogP contribution in [0.1, 0.15) is 15.9 Å². The smallest absolute Gasteiger partial charge is 0.387 e. The summed E-state index contributed by atoms with van der Waals surface area (Å²) in [6.07, 6.45) is -0.218. The Morgan fingerprint density at radius 1 is 1.19 bits per heavy atom. The minimum atomic E-state index is -2.97. The molecule has 2 aromatic carbocycles. The van der Waals surface area contributed by atoms with Gasteiger partial charge in [-0.3, -0.25) is 4.79 Å². The molecule has 0 heterocycles. The van der Waals surface area contributed by atoms with Gasteiger partial charge in [0.25, 0.3) is 0 Å². The minimum absolute atomic E-state index is 0.0740. The first-order chi connectivity index (χ1) is 9.97. The van der Waals surface area contributed by atoms with Crippen LogP contribution >= 0.6 is 11.6 Å². The van der Waals surface area contributed by atoms with E-state index in [0.29, 0.717) is 0 Å². The molecule has 2 nitrogen and oxygen atoms in total. The number of hydrogen-bond donors (Lipinski definition) is 0. The third-order valence-corrected chi connectivity index (χ3v) is 3.06. The predicted octanol–water partition coefficient (Wildman–Crippen LogP) is 4.51. The quantitative estimate of drug-likeness (QED) is 0.759. The normalized spacial score (nSPS) is 10.7. The van der Waals surface area contributed by atoms with Crippen molar-refractivity contribution >= 4 is 17.4 Å². The lowest BCUT2D eigenvalue weighted by molar-refractivity contribution is -0.0498. The van der Waals surface area contributed by atoms with E-state index in [9.17, 15) is 18.0 Å². The van der Waals surface area contributed by atoms with Crippen LogP contribution in [0.3, 0.4) is 0 Å². The number of ether oxygens (including phenoxy) is 1. The second-order valence-electron chi connectivity index (χ2n) is 4.22. The summed E-state index contributed by atoms with van der Waals surface area (Å²) in [5.74, 6) is -1.20. The van der Waals surface area contributed by atoms with E-state index in [1.807, 2.05) is 0 Å². The van der Waals surface area contributed by atoms with Gasteiger partial charge in [0.05, 0.1) is 5.02 Å². The van der Waals surface area contributed by atoms with Crippen LogP contribution in [0.4, 0.5) is 13.2 Å². The molecule has 0 saturated carbocycles. The average Bonchev–Trinajstić information content (AvgIpc) is 2.43. The molecule has 0 fully saturated rings. The van der Waals surface area contributed by atoms with E-state index >= 15 is 0 Å². The van der Waals surface area contributed by atoms with Gasteiger partial charge in [0.15, 0.2) is 5.78 Å². The summed E-state index contributed by atoms with van der Waals surface area (Å²) in [6.45, 7) is -2.97. The van der Waals surface area contributed by atoms with Crippen LogP contribution in [0.15, 0.2) is 42.5 Å². The zero-order valence-electron chi connectivity index (χ0n) is 10.7. The van der Waals surface area contributed by atoms with E-state index in [1.54, 1.807) is 0 Å². The number of carbonyl (C=O) groups is 1. The molecule has 6 heteroatoms. The van der Waals surface area contributed by atoms with Crippen molar-refractivity contribution in [2.45, 2.75) is 13.0 Å². The third-order valence-electron chi connectivity index (χ3n) is 2.76. The van der Waals surface area contributed by atoms with Crippen LogP contribution in [0.5, 0.6) is 5.75 Å². The van der Waals surface area contributed by atoms with E-state index in [0.717, 1.165) is 0 Å². The molecule has 0 spiro atoms. The van der Waals surface area contributed by atoms with Gasteiger partial charge in [-0.25, -0.2) is 4.39 Å². The largest absolute Gasteiger partial charge is 0.435 e. The molecule has 0 bridgehead atoms. The predicted molar refractivity (Wildman–Crippen MR) is 72.5 cm³/mol. The monoisotopic (exact) mass is 314 g/mol. The Balaban J connectivity index is 2.18. The van der Waals surface area contributed by atoms with E-state index in [-0.39, 0.29) is 28.3 Å². The van der Waals surface area contributed by atoms with Gasteiger partial charge in [0.1, 0.15) is 11.6 Å². The molecule has 0 radical (unpaired) electrons. The molecule has 0 aliphatic heterocycles. The Kier molecular flexibility index (Phi) is 4.85. The molecule has 2 rings (SSSR count). The number of carbonyl (C=O) groups excluding carboxylic acids is 1. The lowest BCUT2D eigenvalue weighted by Crippen LogP contribution is -2.07. The van der Waals surface area contributed by atoms with Crippen LogP contribution in [0.25, 0.3) is 0 Å². The van der Waals surface area contributed by atoms with Crippen LogP contribution in [0, 0.1) is 5.82 Å². The SMILES string of the molecule is O=C(Cc1cccc(Cl)c1F)c1cccc(OC(F)F)c1. The highest BCUT2D eigenvalue weighted by Gasteiger charge is 2.14. The Morgan fingerprint density at radius 2 is 1.90 bits per heavy atom. The fraction of sp³-hybridized carbons (Fsp3) is 0.133. The summed E-state index contributed by atoms with van der Waals surface area (Å²) in [5.41, 5.74) is 0.306. The molecule has 0 N–H and O–H groups in total. The molecule has 0 amide bonds. The Bertz CT molecular complexity index is 659. The minimum Gasteiger partial charge on any atom is -0.435 e. The lowest BCUT2D eigenvalue weighted by atomic mass is 10.0. The molecule has 0 atom stereocenters. The van der Waals surface area contributed by atoms with Gasteiger partial charge in [0, 0.05) is 12.0 Å². The number of halogens is 4. The second-order valence-corrected chi connectivity index (χ2v) is 4.63. The van der Waals surface area contributed by atoms with E-state index in [4.69, 9.17) is 11.6 Å². The fourth-order valence-electron chi connectivity index (χ4n) is 1.81. The Hall–Kier alpha value is -2.01. The number of benzene rings is 2. The number of ketones is 1. The highest BCUT2D eigenvalue weighted by Crippen LogP contribution is 2.21. The van der Waals surface area contributed by atoms with Gasteiger partial charge in [-0.05, 0) is 23.8 Å². The van der Waals surface area contributed by atoms with E-state index < -0.39 is 18.2 Å². The molecule has 0 aliphatic rings. The molecule has 0 unspecified atom stereocenters. The summed E-state index contributed by atoms with van der Waals surface area (Å²) >= 11 is 5.64. The summed E-state index contributed by atoms with van der Waals surface area (Å²) in [4.78, 5) is 12.1. The van der Waals surface area contributed by atoms with Gasteiger partial charge in [-0.2, -0.15) is 8.78 Å². The number of hydrogen-bond acceptors (Lipinski definition) is 2. The van der Waals surface area contributed by atoms with E-state index in [2.05, 4.69) is 4.74 Å². The average molecular weight is 315 g/mol. The van der Waals surface area contributed by atoms with E-state index in [1.165, 1.54) is 42.5 Å². The molecule has 0 saturated heterocycles. The van der Waals surface area contributed by atoms with Gasteiger partial charge in [0.2, 0.25) is 0 Å². The second kappa shape index (κ2) is 6.63. The van der Waals surface area contributed by atoms with Crippen molar-refractivity contribution in [2.75, 3.05) is 0 Å². The number of rotatable bonds is 5. The maximum absolute atomic E-state index is 13.7. The Morgan fingerprint density at radius 3 is 2.62 bits per heavy atom. The fourth-order valence-corrected chi connectivity index (χ4v) is 2.00. The number of alkyl halides is 2. The van der Waals surface area contributed by atoms with Crippen LogP contribution in [-0.4, -0.2) is 12.4 Å². The molecular weight excluding hydrogens is 305 g/mol. The molecule has 21 heavy (non-hydrogen) atoms. The summed E-state index contributed by atoms with van der Waals surface area (Å²) < 4.78 is 42.2. The van der Waals surface area contributed by atoms with Crippen molar-refractivity contribution < 1.29 is 22.7 Å². The first-order valence-electron chi connectivity index (χ1n) is 5.98. The summed E-state index contributed by atoms with van der Waals surface area (Å²) in [5, 5.41) is -0.0740. The maximum Gasteiger partial charge on any atom is 0.387 e. The highest BCUT2D eigenvalue weighted by molar-refractivity contribution is 6.30.